The van der Waals surface area contributed by atoms with E-state index in [1.807, 2.05) is 6.92 Å². The summed E-state index contributed by atoms with van der Waals surface area (Å²) in [5.41, 5.74) is 0. The van der Waals surface area contributed by atoms with Crippen molar-refractivity contribution in [3.8, 4) is 0 Å². The molecular formula is C15H28N2O3. The van der Waals surface area contributed by atoms with Gasteiger partial charge in [-0.2, -0.15) is 0 Å². The lowest BCUT2D eigenvalue weighted by atomic mass is 9.82. The Bertz CT molecular complexity index is 312. The van der Waals surface area contributed by atoms with Crippen LogP contribution in [0, 0.1) is 11.8 Å². The van der Waals surface area contributed by atoms with E-state index in [2.05, 4.69) is 17.6 Å². The van der Waals surface area contributed by atoms with E-state index in [1.54, 1.807) is 0 Å². The van der Waals surface area contributed by atoms with Crippen molar-refractivity contribution in [1.82, 2.24) is 10.6 Å². The van der Waals surface area contributed by atoms with Crippen molar-refractivity contribution in [2.45, 2.75) is 58.4 Å². The minimum atomic E-state index is -0.667. The molecule has 5 heteroatoms. The molecule has 1 saturated carbocycles. The van der Waals surface area contributed by atoms with Crippen molar-refractivity contribution in [3.05, 3.63) is 0 Å². The van der Waals surface area contributed by atoms with E-state index in [0.29, 0.717) is 5.92 Å². The zero-order valence-corrected chi connectivity index (χ0v) is 12.7. The van der Waals surface area contributed by atoms with E-state index < -0.39 is 5.97 Å². The number of aliphatic carboxylic acids is 1. The Morgan fingerprint density at radius 3 is 2.45 bits per heavy atom. The smallest absolute Gasteiger partial charge is 0.306 e. The van der Waals surface area contributed by atoms with Crippen LogP contribution in [0.25, 0.3) is 0 Å². The third kappa shape index (κ3) is 5.90. The summed E-state index contributed by atoms with van der Waals surface area (Å²) in [4.78, 5) is 22.7. The Labute approximate surface area is 121 Å². The predicted octanol–water partition coefficient (Wildman–Crippen LogP) is 1.77. The van der Waals surface area contributed by atoms with E-state index in [9.17, 15) is 9.59 Å². The van der Waals surface area contributed by atoms with E-state index >= 15 is 0 Å². The second-order valence-corrected chi connectivity index (χ2v) is 5.83. The van der Waals surface area contributed by atoms with E-state index in [0.717, 1.165) is 51.6 Å². The molecule has 1 amide bonds. The van der Waals surface area contributed by atoms with Crippen molar-refractivity contribution in [2.75, 3.05) is 13.1 Å². The summed E-state index contributed by atoms with van der Waals surface area (Å²) in [5, 5.41) is 15.1. The number of nitrogens with one attached hydrogen (secondary N) is 2. The molecule has 1 aliphatic carbocycles. The number of carbonyl (C=O) groups excluding carboxylic acids is 1. The second kappa shape index (κ2) is 8.95. The molecule has 1 aliphatic rings. The highest BCUT2D eigenvalue weighted by Gasteiger charge is 2.26. The number of hydrogen-bond acceptors (Lipinski definition) is 3. The highest BCUT2D eigenvalue weighted by molar-refractivity contribution is 5.81. The number of carboxylic acid groups (broad SMARTS) is 1. The maximum atomic E-state index is 11.8. The van der Waals surface area contributed by atoms with Crippen LogP contribution in [0.3, 0.4) is 0 Å². The SMILES string of the molecule is CCCCNC(=O)C(C)NCC1CCC(C(=O)O)CC1. The first kappa shape index (κ1) is 17.0. The highest BCUT2D eigenvalue weighted by Crippen LogP contribution is 2.28. The van der Waals surface area contributed by atoms with Gasteiger partial charge in [0, 0.05) is 6.54 Å². The molecule has 20 heavy (non-hydrogen) atoms. The van der Waals surface area contributed by atoms with Gasteiger partial charge >= 0.3 is 5.97 Å². The van der Waals surface area contributed by atoms with Gasteiger partial charge in [0.05, 0.1) is 12.0 Å². The fourth-order valence-electron chi connectivity index (χ4n) is 2.59. The molecule has 0 aliphatic heterocycles. The highest BCUT2D eigenvalue weighted by atomic mass is 16.4. The fourth-order valence-corrected chi connectivity index (χ4v) is 2.59. The summed E-state index contributed by atoms with van der Waals surface area (Å²) in [5.74, 6) is -0.282. The van der Waals surface area contributed by atoms with Gasteiger partial charge in [-0.15, -0.1) is 0 Å². The first-order valence-corrected chi connectivity index (χ1v) is 7.78. The van der Waals surface area contributed by atoms with Crippen LogP contribution < -0.4 is 10.6 Å². The van der Waals surface area contributed by atoms with Crippen LogP contribution in [-0.2, 0) is 9.59 Å². The minimum absolute atomic E-state index is 0.0534. The molecule has 0 aromatic heterocycles. The van der Waals surface area contributed by atoms with Crippen LogP contribution in [0.5, 0.6) is 0 Å². The van der Waals surface area contributed by atoms with Crippen LogP contribution in [0.1, 0.15) is 52.4 Å². The zero-order valence-electron chi connectivity index (χ0n) is 12.7. The van der Waals surface area contributed by atoms with Crippen LogP contribution in [0.15, 0.2) is 0 Å². The first-order valence-electron chi connectivity index (χ1n) is 7.78. The summed E-state index contributed by atoms with van der Waals surface area (Å²) in [6.07, 6.45) is 5.49. The van der Waals surface area contributed by atoms with Crippen LogP contribution in [0.2, 0.25) is 0 Å². The first-order chi connectivity index (χ1) is 9.54. The molecule has 1 unspecified atom stereocenters. The molecule has 0 radical (unpaired) electrons. The van der Waals surface area contributed by atoms with Gasteiger partial charge in [-0.25, -0.2) is 0 Å². The van der Waals surface area contributed by atoms with Gasteiger partial charge in [0.25, 0.3) is 0 Å². The topological polar surface area (TPSA) is 78.4 Å². The van der Waals surface area contributed by atoms with Gasteiger partial charge in [0.1, 0.15) is 0 Å². The van der Waals surface area contributed by atoms with Crippen LogP contribution in [-0.4, -0.2) is 36.1 Å². The van der Waals surface area contributed by atoms with Crippen molar-refractivity contribution < 1.29 is 14.7 Å². The average Bonchev–Trinajstić information content (AvgIpc) is 2.45. The van der Waals surface area contributed by atoms with E-state index in [1.165, 1.54) is 0 Å². The summed E-state index contributed by atoms with van der Waals surface area (Å²) in [6, 6.07) is -0.177. The minimum Gasteiger partial charge on any atom is -0.481 e. The molecule has 116 valence electrons. The molecule has 0 aromatic rings. The monoisotopic (exact) mass is 284 g/mol. The molecule has 1 atom stereocenters. The normalized spacial score (nSPS) is 24.1. The average molecular weight is 284 g/mol. The molecule has 0 heterocycles. The number of rotatable bonds is 8. The molecule has 1 fully saturated rings. The molecule has 0 aromatic carbocycles. The zero-order chi connectivity index (χ0) is 15.0. The number of carboxylic acids is 1. The lowest BCUT2D eigenvalue weighted by molar-refractivity contribution is -0.143. The third-order valence-corrected chi connectivity index (χ3v) is 4.13. The molecule has 0 spiro atoms. The molecule has 0 bridgehead atoms. The molecule has 5 nitrogen and oxygen atoms in total. The maximum Gasteiger partial charge on any atom is 0.306 e. The molecule has 1 rings (SSSR count). The van der Waals surface area contributed by atoms with E-state index in [4.69, 9.17) is 5.11 Å². The quantitative estimate of drug-likeness (QED) is 0.594. The Hall–Kier alpha value is -1.10. The van der Waals surface area contributed by atoms with Gasteiger partial charge in [-0.1, -0.05) is 13.3 Å². The van der Waals surface area contributed by atoms with Gasteiger partial charge < -0.3 is 15.7 Å². The van der Waals surface area contributed by atoms with Gasteiger partial charge in [0.15, 0.2) is 0 Å². The van der Waals surface area contributed by atoms with Gasteiger partial charge in [-0.3, -0.25) is 9.59 Å². The van der Waals surface area contributed by atoms with Crippen molar-refractivity contribution in [1.29, 1.82) is 0 Å². The molecule has 0 saturated heterocycles. The van der Waals surface area contributed by atoms with Crippen LogP contribution >= 0.6 is 0 Å². The van der Waals surface area contributed by atoms with E-state index in [-0.39, 0.29) is 17.9 Å². The maximum absolute atomic E-state index is 11.8. The lowest BCUT2D eigenvalue weighted by Crippen LogP contribution is -2.44. The van der Waals surface area contributed by atoms with Crippen molar-refractivity contribution in [3.63, 3.8) is 0 Å². The van der Waals surface area contributed by atoms with Gasteiger partial charge in [-0.05, 0) is 51.5 Å². The van der Waals surface area contributed by atoms with Crippen molar-refractivity contribution in [2.24, 2.45) is 11.8 Å². The second-order valence-electron chi connectivity index (χ2n) is 5.83. The molecular weight excluding hydrogens is 256 g/mol. The van der Waals surface area contributed by atoms with Gasteiger partial charge in [0.2, 0.25) is 5.91 Å². The summed E-state index contributed by atoms with van der Waals surface area (Å²) >= 11 is 0. The summed E-state index contributed by atoms with van der Waals surface area (Å²) < 4.78 is 0. The number of amides is 1. The Kier molecular flexibility index (Phi) is 7.59. The summed E-state index contributed by atoms with van der Waals surface area (Å²) in [6.45, 7) is 5.52. The third-order valence-electron chi connectivity index (χ3n) is 4.13. The fraction of sp³-hybridized carbons (Fsp3) is 0.867. The lowest BCUT2D eigenvalue weighted by Gasteiger charge is -2.27. The molecule has 3 N–H and O–H groups in total. The standard InChI is InChI=1S/C15H28N2O3/c1-3-4-9-16-14(18)11(2)17-10-12-5-7-13(8-6-12)15(19)20/h11-13,17H,3-10H2,1-2H3,(H,16,18)(H,19,20). The number of carbonyl (C=O) groups is 2. The predicted molar refractivity (Wildman–Crippen MR) is 78.5 cm³/mol. The Morgan fingerprint density at radius 1 is 1.25 bits per heavy atom. The number of unbranched alkanes of at least 4 members (excludes halogenated alkanes) is 1. The van der Waals surface area contributed by atoms with Crippen molar-refractivity contribution >= 4 is 11.9 Å². The Balaban J connectivity index is 2.17. The Morgan fingerprint density at radius 2 is 1.90 bits per heavy atom. The van der Waals surface area contributed by atoms with Crippen LogP contribution in [0.4, 0.5) is 0 Å². The number of hydrogen-bond donors (Lipinski definition) is 3. The summed E-state index contributed by atoms with van der Waals surface area (Å²) in [7, 11) is 0. The largest absolute Gasteiger partial charge is 0.481 e.